The van der Waals surface area contributed by atoms with Crippen LogP contribution in [0.3, 0.4) is 0 Å². The Morgan fingerprint density at radius 3 is 2.43 bits per heavy atom. The molecule has 7 nitrogen and oxygen atoms in total. The van der Waals surface area contributed by atoms with Crippen molar-refractivity contribution in [3.8, 4) is 11.5 Å². The van der Waals surface area contributed by atoms with E-state index in [4.69, 9.17) is 9.47 Å². The van der Waals surface area contributed by atoms with E-state index in [2.05, 4.69) is 20.9 Å². The van der Waals surface area contributed by atoms with Crippen LogP contribution in [-0.2, 0) is 11.2 Å². The smallest absolute Gasteiger partial charge is 0.239 e. The van der Waals surface area contributed by atoms with Gasteiger partial charge in [-0.05, 0) is 50.8 Å². The molecule has 0 radical (unpaired) electrons. The highest BCUT2D eigenvalue weighted by Gasteiger charge is 2.15. The van der Waals surface area contributed by atoms with Crippen LogP contribution in [-0.4, -0.2) is 51.3 Å². The fourth-order valence-electron chi connectivity index (χ4n) is 3.49. The lowest BCUT2D eigenvalue weighted by molar-refractivity contribution is -0.120. The van der Waals surface area contributed by atoms with Gasteiger partial charge in [-0.1, -0.05) is 25.3 Å². The third kappa shape index (κ3) is 9.40. The highest BCUT2D eigenvalue weighted by Crippen LogP contribution is 2.28. The van der Waals surface area contributed by atoms with Crippen LogP contribution >= 0.6 is 24.0 Å². The van der Waals surface area contributed by atoms with Crippen LogP contribution in [0.5, 0.6) is 11.5 Å². The van der Waals surface area contributed by atoms with Gasteiger partial charge in [0.25, 0.3) is 0 Å². The summed E-state index contributed by atoms with van der Waals surface area (Å²) in [6.07, 6.45) is 6.68. The first-order valence-corrected chi connectivity index (χ1v) is 10.8. The minimum Gasteiger partial charge on any atom is -0.490 e. The number of carbonyl (C=O) groups excluding carboxylic acids is 1. The Morgan fingerprint density at radius 2 is 1.77 bits per heavy atom. The molecule has 1 aromatic carbocycles. The molecule has 1 aliphatic rings. The van der Waals surface area contributed by atoms with Crippen LogP contribution in [0.2, 0.25) is 0 Å². The Balaban J connectivity index is 0.00000450. The van der Waals surface area contributed by atoms with E-state index in [-0.39, 0.29) is 36.4 Å². The third-order valence-electron chi connectivity index (χ3n) is 4.92. The largest absolute Gasteiger partial charge is 0.490 e. The first kappa shape index (κ1) is 26.3. The highest BCUT2D eigenvalue weighted by atomic mass is 127. The van der Waals surface area contributed by atoms with Crippen molar-refractivity contribution in [3.05, 3.63) is 23.8 Å². The van der Waals surface area contributed by atoms with Gasteiger partial charge in [0.2, 0.25) is 5.91 Å². The second kappa shape index (κ2) is 15.1. The number of hydrogen-bond acceptors (Lipinski definition) is 4. The van der Waals surface area contributed by atoms with E-state index in [9.17, 15) is 4.79 Å². The Morgan fingerprint density at radius 1 is 1.07 bits per heavy atom. The maximum Gasteiger partial charge on any atom is 0.239 e. The summed E-state index contributed by atoms with van der Waals surface area (Å²) in [6.45, 7) is 6.06. The fraction of sp³-hybridized carbons (Fsp3) is 0.636. The molecule has 0 aliphatic heterocycles. The fourth-order valence-corrected chi connectivity index (χ4v) is 3.49. The second-order valence-electron chi connectivity index (χ2n) is 7.15. The Hall–Kier alpha value is -1.71. The Labute approximate surface area is 197 Å². The van der Waals surface area contributed by atoms with E-state index in [1.165, 1.54) is 19.3 Å². The molecule has 0 bridgehead atoms. The summed E-state index contributed by atoms with van der Waals surface area (Å²) in [4.78, 5) is 16.3. The zero-order valence-corrected chi connectivity index (χ0v) is 20.8. The molecule has 8 heteroatoms. The standard InChI is InChI=1S/C22H36N4O3.HI/c1-4-28-19-12-11-17(15-20(19)29-5-2)13-14-24-22(23-3)25-16-21(27)26-18-9-7-6-8-10-18;/h11-12,15,18H,4-10,13-14,16H2,1-3H3,(H,26,27)(H2,23,24,25);1H. The topological polar surface area (TPSA) is 84.0 Å². The first-order chi connectivity index (χ1) is 14.2. The van der Waals surface area contributed by atoms with Crippen LogP contribution in [0.1, 0.15) is 51.5 Å². The predicted molar refractivity (Wildman–Crippen MR) is 132 cm³/mol. The van der Waals surface area contributed by atoms with E-state index in [0.717, 1.165) is 36.3 Å². The summed E-state index contributed by atoms with van der Waals surface area (Å²) < 4.78 is 11.3. The molecule has 0 atom stereocenters. The van der Waals surface area contributed by atoms with Crippen LogP contribution in [0, 0.1) is 0 Å². The number of hydrogen-bond donors (Lipinski definition) is 3. The third-order valence-corrected chi connectivity index (χ3v) is 4.92. The number of rotatable bonds is 10. The lowest BCUT2D eigenvalue weighted by Gasteiger charge is -2.23. The molecule has 1 aromatic rings. The lowest BCUT2D eigenvalue weighted by Crippen LogP contribution is -2.46. The molecule has 1 amide bonds. The van der Waals surface area contributed by atoms with E-state index in [1.54, 1.807) is 7.05 Å². The number of halogens is 1. The number of amides is 1. The molecule has 3 N–H and O–H groups in total. The minimum absolute atomic E-state index is 0. The highest BCUT2D eigenvalue weighted by molar-refractivity contribution is 14.0. The summed E-state index contributed by atoms with van der Waals surface area (Å²) in [5.41, 5.74) is 1.15. The Bertz CT molecular complexity index is 664. The van der Waals surface area contributed by atoms with E-state index in [1.807, 2.05) is 32.0 Å². The van der Waals surface area contributed by atoms with Crippen molar-refractivity contribution < 1.29 is 14.3 Å². The molecule has 0 saturated heterocycles. The minimum atomic E-state index is 0. The van der Waals surface area contributed by atoms with Crippen LogP contribution < -0.4 is 25.4 Å². The Kier molecular flexibility index (Phi) is 13.3. The molecule has 0 aromatic heterocycles. The molecule has 0 heterocycles. The zero-order valence-electron chi connectivity index (χ0n) is 18.5. The van der Waals surface area contributed by atoms with Gasteiger partial charge in [-0.2, -0.15) is 0 Å². The molecule has 2 rings (SSSR count). The van der Waals surface area contributed by atoms with Crippen molar-refractivity contribution in [3.63, 3.8) is 0 Å². The van der Waals surface area contributed by atoms with Crippen molar-refractivity contribution >= 4 is 35.8 Å². The van der Waals surface area contributed by atoms with Crippen molar-refractivity contribution in [2.24, 2.45) is 4.99 Å². The average Bonchev–Trinajstić information content (AvgIpc) is 2.73. The van der Waals surface area contributed by atoms with E-state index in [0.29, 0.717) is 31.8 Å². The monoisotopic (exact) mass is 532 g/mol. The summed E-state index contributed by atoms with van der Waals surface area (Å²) >= 11 is 0. The maximum atomic E-state index is 12.1. The number of ether oxygens (including phenoxy) is 2. The van der Waals surface area contributed by atoms with Gasteiger partial charge >= 0.3 is 0 Å². The van der Waals surface area contributed by atoms with Crippen LogP contribution in [0.15, 0.2) is 23.2 Å². The molecule has 0 unspecified atom stereocenters. The van der Waals surface area contributed by atoms with Gasteiger partial charge < -0.3 is 25.4 Å². The van der Waals surface area contributed by atoms with Crippen molar-refractivity contribution in [1.82, 2.24) is 16.0 Å². The van der Waals surface area contributed by atoms with Crippen LogP contribution in [0.4, 0.5) is 0 Å². The van der Waals surface area contributed by atoms with Gasteiger partial charge in [0, 0.05) is 19.6 Å². The normalized spacial score (nSPS) is 14.4. The molecule has 1 fully saturated rings. The first-order valence-electron chi connectivity index (χ1n) is 10.8. The number of aliphatic imine (C=N–C) groups is 1. The van der Waals surface area contributed by atoms with Crippen molar-refractivity contribution in [2.75, 3.05) is 33.4 Å². The summed E-state index contributed by atoms with van der Waals surface area (Å²) in [5, 5.41) is 9.44. The van der Waals surface area contributed by atoms with Crippen LogP contribution in [0.25, 0.3) is 0 Å². The maximum absolute atomic E-state index is 12.1. The van der Waals surface area contributed by atoms with E-state index < -0.39 is 0 Å². The second-order valence-corrected chi connectivity index (χ2v) is 7.15. The number of benzene rings is 1. The average molecular weight is 532 g/mol. The zero-order chi connectivity index (χ0) is 20.9. The number of nitrogens with zero attached hydrogens (tertiary/aromatic N) is 1. The predicted octanol–water partition coefficient (Wildman–Crippen LogP) is 3.26. The van der Waals surface area contributed by atoms with Gasteiger partial charge in [0.05, 0.1) is 19.8 Å². The van der Waals surface area contributed by atoms with Crippen molar-refractivity contribution in [2.45, 2.75) is 58.4 Å². The summed E-state index contributed by atoms with van der Waals surface area (Å²) in [7, 11) is 1.71. The van der Waals surface area contributed by atoms with Gasteiger partial charge in [-0.25, -0.2) is 0 Å². The molecule has 1 aliphatic carbocycles. The van der Waals surface area contributed by atoms with Crippen molar-refractivity contribution in [1.29, 1.82) is 0 Å². The van der Waals surface area contributed by atoms with Gasteiger partial charge in [0.1, 0.15) is 0 Å². The lowest BCUT2D eigenvalue weighted by atomic mass is 9.95. The van der Waals surface area contributed by atoms with Gasteiger partial charge in [0.15, 0.2) is 17.5 Å². The summed E-state index contributed by atoms with van der Waals surface area (Å²) in [6, 6.07) is 6.34. The number of nitrogens with one attached hydrogen (secondary N) is 3. The molecular weight excluding hydrogens is 495 g/mol. The SMILES string of the molecule is CCOc1ccc(CCNC(=NC)NCC(=O)NC2CCCCC2)cc1OCC.I. The molecule has 170 valence electrons. The number of carbonyl (C=O) groups is 1. The quantitative estimate of drug-likeness (QED) is 0.245. The summed E-state index contributed by atoms with van der Waals surface area (Å²) in [5.74, 6) is 2.19. The molecule has 30 heavy (non-hydrogen) atoms. The number of guanidine groups is 1. The van der Waals surface area contributed by atoms with E-state index >= 15 is 0 Å². The molecule has 0 spiro atoms. The molecular formula is C22H37IN4O3. The van der Waals surface area contributed by atoms with Gasteiger partial charge in [-0.3, -0.25) is 9.79 Å². The van der Waals surface area contributed by atoms with Gasteiger partial charge in [-0.15, -0.1) is 24.0 Å². The molecule has 1 saturated carbocycles.